The summed E-state index contributed by atoms with van der Waals surface area (Å²) >= 11 is 4.78. The number of anilines is 2. The van der Waals surface area contributed by atoms with Crippen LogP contribution in [0.4, 0.5) is 11.4 Å². The second kappa shape index (κ2) is 5.94. The monoisotopic (exact) mass is 314 g/mol. The average molecular weight is 314 g/mol. The number of piperazine rings is 1. The first-order valence-corrected chi connectivity index (χ1v) is 8.48. The highest BCUT2D eigenvalue weighted by Crippen LogP contribution is 2.20. The van der Waals surface area contributed by atoms with Gasteiger partial charge < -0.3 is 16.0 Å². The minimum absolute atomic E-state index is 0.236. The summed E-state index contributed by atoms with van der Waals surface area (Å²) in [6.45, 7) is 2.42. The van der Waals surface area contributed by atoms with Crippen molar-refractivity contribution in [1.82, 2.24) is 4.31 Å². The molecule has 0 atom stereocenters. The summed E-state index contributed by atoms with van der Waals surface area (Å²) in [6, 6.07) is 7.74. The molecule has 2 rings (SSSR count). The van der Waals surface area contributed by atoms with E-state index in [0.29, 0.717) is 26.2 Å². The fourth-order valence-electron chi connectivity index (χ4n) is 2.18. The van der Waals surface area contributed by atoms with Gasteiger partial charge in [-0.1, -0.05) is 0 Å². The number of hydrogen-bond donors (Lipinski definition) is 2. The topological polar surface area (TPSA) is 78.7 Å². The van der Waals surface area contributed by atoms with Gasteiger partial charge in [0.1, 0.15) is 0 Å². The quantitative estimate of drug-likeness (QED) is 0.788. The van der Waals surface area contributed by atoms with Crippen molar-refractivity contribution < 1.29 is 8.42 Å². The number of benzene rings is 1. The lowest BCUT2D eigenvalue weighted by atomic mass is 10.2. The summed E-state index contributed by atoms with van der Waals surface area (Å²) in [6.07, 6.45) is 1.25. The highest BCUT2D eigenvalue weighted by atomic mass is 32.2. The fourth-order valence-corrected chi connectivity index (χ4v) is 3.12. The maximum atomic E-state index is 11.5. The van der Waals surface area contributed by atoms with Crippen LogP contribution in [0.5, 0.6) is 0 Å². The van der Waals surface area contributed by atoms with E-state index in [4.69, 9.17) is 18.0 Å². The first-order chi connectivity index (χ1) is 9.36. The Balaban J connectivity index is 1.99. The maximum Gasteiger partial charge on any atom is 0.211 e. The average Bonchev–Trinajstić information content (AvgIpc) is 2.38. The van der Waals surface area contributed by atoms with Crippen LogP contribution in [0, 0.1) is 0 Å². The Morgan fingerprint density at radius 3 is 2.20 bits per heavy atom. The Morgan fingerprint density at radius 1 is 1.20 bits per heavy atom. The van der Waals surface area contributed by atoms with E-state index in [0.717, 1.165) is 11.4 Å². The number of nitrogens with one attached hydrogen (secondary N) is 1. The Morgan fingerprint density at radius 2 is 1.75 bits per heavy atom. The van der Waals surface area contributed by atoms with E-state index < -0.39 is 10.0 Å². The molecular formula is C12H18N4O2S2. The molecule has 6 nitrogen and oxygen atoms in total. The lowest BCUT2D eigenvalue weighted by molar-refractivity contribution is 0.388. The van der Waals surface area contributed by atoms with Gasteiger partial charge in [-0.25, -0.2) is 8.42 Å². The molecule has 3 N–H and O–H groups in total. The van der Waals surface area contributed by atoms with Crippen LogP contribution in [0.1, 0.15) is 0 Å². The van der Waals surface area contributed by atoms with E-state index in [2.05, 4.69) is 10.2 Å². The van der Waals surface area contributed by atoms with Crippen molar-refractivity contribution in [3.8, 4) is 0 Å². The molecule has 0 spiro atoms. The molecule has 20 heavy (non-hydrogen) atoms. The summed E-state index contributed by atoms with van der Waals surface area (Å²) in [5.41, 5.74) is 7.31. The predicted octanol–water partition coefficient (Wildman–Crippen LogP) is 0.424. The number of thiocarbonyl (C=S) groups is 1. The second-order valence-corrected chi connectivity index (χ2v) is 7.11. The van der Waals surface area contributed by atoms with Gasteiger partial charge in [-0.2, -0.15) is 4.31 Å². The van der Waals surface area contributed by atoms with Crippen molar-refractivity contribution in [2.45, 2.75) is 0 Å². The van der Waals surface area contributed by atoms with E-state index >= 15 is 0 Å². The van der Waals surface area contributed by atoms with E-state index in [1.165, 1.54) is 10.6 Å². The minimum Gasteiger partial charge on any atom is -0.376 e. The Hall–Kier alpha value is -1.38. The maximum absolute atomic E-state index is 11.5. The van der Waals surface area contributed by atoms with E-state index in [1.807, 2.05) is 24.3 Å². The van der Waals surface area contributed by atoms with Crippen molar-refractivity contribution in [2.24, 2.45) is 5.73 Å². The van der Waals surface area contributed by atoms with E-state index in [9.17, 15) is 8.42 Å². The molecule has 1 aliphatic rings. The summed E-state index contributed by atoms with van der Waals surface area (Å²) in [7, 11) is -3.08. The Labute approximate surface area is 124 Å². The summed E-state index contributed by atoms with van der Waals surface area (Å²) < 4.78 is 24.4. The van der Waals surface area contributed by atoms with Crippen molar-refractivity contribution in [3.63, 3.8) is 0 Å². The molecule has 1 aromatic carbocycles. The van der Waals surface area contributed by atoms with Crippen LogP contribution in [0.2, 0.25) is 0 Å². The number of nitrogens with zero attached hydrogens (tertiary/aromatic N) is 2. The van der Waals surface area contributed by atoms with Crippen molar-refractivity contribution >= 4 is 38.7 Å². The molecule has 0 saturated carbocycles. The van der Waals surface area contributed by atoms with Crippen molar-refractivity contribution in [3.05, 3.63) is 24.3 Å². The van der Waals surface area contributed by atoms with Crippen LogP contribution in [0.3, 0.4) is 0 Å². The summed E-state index contributed by atoms with van der Waals surface area (Å²) in [5.74, 6) is 0. The van der Waals surface area contributed by atoms with Crippen LogP contribution in [-0.2, 0) is 10.0 Å². The van der Waals surface area contributed by atoms with Crippen LogP contribution in [0.15, 0.2) is 24.3 Å². The Kier molecular flexibility index (Phi) is 4.46. The van der Waals surface area contributed by atoms with Gasteiger partial charge in [0.05, 0.1) is 6.26 Å². The second-order valence-electron chi connectivity index (χ2n) is 4.69. The SMILES string of the molecule is CS(=O)(=O)N1CCN(c2ccc(NC(N)=S)cc2)CC1. The molecule has 8 heteroatoms. The number of nitrogens with two attached hydrogens (primary N) is 1. The first-order valence-electron chi connectivity index (χ1n) is 6.23. The molecule has 0 radical (unpaired) electrons. The molecule has 0 bridgehead atoms. The molecule has 0 amide bonds. The molecule has 110 valence electrons. The van der Waals surface area contributed by atoms with Crippen LogP contribution < -0.4 is 16.0 Å². The number of hydrogen-bond acceptors (Lipinski definition) is 4. The molecule has 0 aliphatic carbocycles. The van der Waals surface area contributed by atoms with Gasteiger partial charge in [-0.15, -0.1) is 0 Å². The third-order valence-corrected chi connectivity index (χ3v) is 4.61. The zero-order valence-electron chi connectivity index (χ0n) is 11.2. The molecule has 1 aliphatic heterocycles. The van der Waals surface area contributed by atoms with Gasteiger partial charge in [0, 0.05) is 37.6 Å². The molecule has 1 fully saturated rings. The lowest BCUT2D eigenvalue weighted by Gasteiger charge is -2.34. The van der Waals surface area contributed by atoms with E-state index in [1.54, 1.807) is 0 Å². The third-order valence-electron chi connectivity index (χ3n) is 3.21. The zero-order valence-corrected chi connectivity index (χ0v) is 12.9. The molecular weight excluding hydrogens is 296 g/mol. The van der Waals surface area contributed by atoms with Gasteiger partial charge in [0.25, 0.3) is 0 Å². The largest absolute Gasteiger partial charge is 0.376 e. The predicted molar refractivity (Wildman–Crippen MR) is 85.5 cm³/mol. The van der Waals surface area contributed by atoms with E-state index in [-0.39, 0.29) is 5.11 Å². The molecule has 1 aromatic rings. The van der Waals surface area contributed by atoms with Crippen LogP contribution >= 0.6 is 12.2 Å². The summed E-state index contributed by atoms with van der Waals surface area (Å²) in [4.78, 5) is 2.16. The van der Waals surface area contributed by atoms with Gasteiger partial charge >= 0.3 is 0 Å². The van der Waals surface area contributed by atoms with Gasteiger partial charge in [-0.05, 0) is 36.5 Å². The van der Waals surface area contributed by atoms with Crippen molar-refractivity contribution in [1.29, 1.82) is 0 Å². The van der Waals surface area contributed by atoms with Crippen LogP contribution in [-0.4, -0.2) is 50.3 Å². The van der Waals surface area contributed by atoms with Crippen molar-refractivity contribution in [2.75, 3.05) is 42.7 Å². The number of rotatable bonds is 3. The first kappa shape index (κ1) is 15.0. The smallest absolute Gasteiger partial charge is 0.211 e. The van der Waals surface area contributed by atoms with Gasteiger partial charge in [-0.3, -0.25) is 0 Å². The normalized spacial score (nSPS) is 16.9. The lowest BCUT2D eigenvalue weighted by Crippen LogP contribution is -2.48. The Bertz CT molecular complexity index is 578. The minimum atomic E-state index is -3.08. The van der Waals surface area contributed by atoms with Gasteiger partial charge in [0.15, 0.2) is 5.11 Å². The molecule has 1 saturated heterocycles. The van der Waals surface area contributed by atoms with Gasteiger partial charge in [0.2, 0.25) is 10.0 Å². The number of sulfonamides is 1. The standard InChI is InChI=1S/C12H18N4O2S2/c1-20(17,18)16-8-6-15(7-9-16)11-4-2-10(3-5-11)14-12(13)19/h2-5H,6-9H2,1H3,(H3,13,14,19). The highest BCUT2D eigenvalue weighted by molar-refractivity contribution is 7.88. The zero-order chi connectivity index (χ0) is 14.8. The van der Waals surface area contributed by atoms with Crippen LogP contribution in [0.25, 0.3) is 0 Å². The molecule has 0 aromatic heterocycles. The molecule has 0 unspecified atom stereocenters. The fraction of sp³-hybridized carbons (Fsp3) is 0.417. The summed E-state index contributed by atoms with van der Waals surface area (Å²) in [5, 5.41) is 3.10. The third kappa shape index (κ3) is 3.81. The molecule has 1 heterocycles. The highest BCUT2D eigenvalue weighted by Gasteiger charge is 2.23.